The number of nitrogens with zero attached hydrogens (tertiary/aromatic N) is 4. The maximum Gasteiger partial charge on any atom is 0.254 e. The van der Waals surface area contributed by atoms with E-state index in [0.29, 0.717) is 42.3 Å². The van der Waals surface area contributed by atoms with Crippen molar-refractivity contribution in [1.82, 2.24) is 25.1 Å². The molecule has 2 aliphatic heterocycles. The predicted octanol–water partition coefficient (Wildman–Crippen LogP) is 6.12. The molecule has 0 saturated carbocycles. The van der Waals surface area contributed by atoms with Crippen molar-refractivity contribution in [3.8, 4) is 0 Å². The molecule has 2 aromatic carbocycles. The molecule has 0 radical (unpaired) electrons. The summed E-state index contributed by atoms with van der Waals surface area (Å²) < 4.78 is 28.6. The van der Waals surface area contributed by atoms with Crippen molar-refractivity contribution in [2.24, 2.45) is 5.92 Å². The molecule has 3 aromatic rings. The van der Waals surface area contributed by atoms with E-state index < -0.39 is 17.6 Å². The van der Waals surface area contributed by atoms with Gasteiger partial charge in [-0.2, -0.15) is 0 Å². The molecule has 3 heterocycles. The third-order valence-corrected chi connectivity index (χ3v) is 9.11. The van der Waals surface area contributed by atoms with Crippen LogP contribution < -0.4 is 5.32 Å². The summed E-state index contributed by atoms with van der Waals surface area (Å²) in [6.45, 7) is 10.4. The smallest absolute Gasteiger partial charge is 0.254 e. The summed E-state index contributed by atoms with van der Waals surface area (Å²) in [4.78, 5) is 38.7. The normalized spacial score (nSPS) is 20.7. The average Bonchev–Trinajstić information content (AvgIpc) is 3.43. The Morgan fingerprint density at radius 1 is 1.00 bits per heavy atom. The molecule has 2 saturated heterocycles. The number of halogens is 3. The number of piperidine rings is 1. The van der Waals surface area contributed by atoms with Crippen LogP contribution in [0.15, 0.2) is 55.1 Å². The molecular formula is C33H38ClF2N5O2. The standard InChI is InChI=1S/C33H38ClF2N5O2/c1-20(39-31(42)22-15-37-19-38-16-22)27-13-23(34)5-7-25(27)21-9-11-40(12-10-21)32(43)29-18-41(33(2,3)4)17-28(29)26-8-6-24(35)14-30(26)36/h5-8,13-16,19-21,28-29H,9-12,17-18H2,1-4H3,(H,39,42)/t20?,28-,29?/m0/s1. The number of amides is 2. The zero-order chi connectivity index (χ0) is 30.9. The van der Waals surface area contributed by atoms with Gasteiger partial charge in [0.1, 0.15) is 18.0 Å². The van der Waals surface area contributed by atoms with Gasteiger partial charge in [-0.05, 0) is 81.3 Å². The van der Waals surface area contributed by atoms with Crippen LogP contribution in [0.1, 0.15) is 85.5 Å². The molecule has 3 atom stereocenters. The van der Waals surface area contributed by atoms with Crippen LogP contribution in [0.3, 0.4) is 0 Å². The van der Waals surface area contributed by atoms with Crippen molar-refractivity contribution < 1.29 is 18.4 Å². The molecule has 0 bridgehead atoms. The summed E-state index contributed by atoms with van der Waals surface area (Å²) in [5.41, 5.74) is 2.61. The fraction of sp³-hybridized carbons (Fsp3) is 0.455. The minimum Gasteiger partial charge on any atom is -0.345 e. The molecule has 2 amide bonds. The van der Waals surface area contributed by atoms with E-state index in [2.05, 4.69) is 41.0 Å². The third kappa shape index (κ3) is 6.88. The van der Waals surface area contributed by atoms with E-state index in [-0.39, 0.29) is 35.2 Å². The molecule has 1 aromatic heterocycles. The van der Waals surface area contributed by atoms with Crippen LogP contribution in [0.4, 0.5) is 8.78 Å². The second-order valence-electron chi connectivity index (χ2n) is 12.6. The highest BCUT2D eigenvalue weighted by Crippen LogP contribution is 2.40. The van der Waals surface area contributed by atoms with Crippen molar-refractivity contribution in [3.05, 3.63) is 94.0 Å². The van der Waals surface area contributed by atoms with E-state index in [1.165, 1.54) is 30.9 Å². The zero-order valence-corrected chi connectivity index (χ0v) is 25.7. The number of benzene rings is 2. The maximum absolute atomic E-state index is 14.9. The quantitative estimate of drug-likeness (QED) is 0.364. The second kappa shape index (κ2) is 12.7. The lowest BCUT2D eigenvalue weighted by Gasteiger charge is -2.36. The van der Waals surface area contributed by atoms with Gasteiger partial charge in [0.2, 0.25) is 5.91 Å². The van der Waals surface area contributed by atoms with E-state index in [1.54, 1.807) is 0 Å². The molecule has 7 nitrogen and oxygen atoms in total. The summed E-state index contributed by atoms with van der Waals surface area (Å²) in [6, 6.07) is 9.12. The Kier molecular flexibility index (Phi) is 9.13. The second-order valence-corrected chi connectivity index (χ2v) is 13.1. The van der Waals surface area contributed by atoms with E-state index in [1.807, 2.05) is 30.0 Å². The van der Waals surface area contributed by atoms with Gasteiger partial charge in [-0.25, -0.2) is 18.7 Å². The summed E-state index contributed by atoms with van der Waals surface area (Å²) >= 11 is 6.38. The fourth-order valence-corrected chi connectivity index (χ4v) is 6.61. The Morgan fingerprint density at radius 2 is 1.67 bits per heavy atom. The number of hydrogen-bond acceptors (Lipinski definition) is 5. The first-order valence-electron chi connectivity index (χ1n) is 14.8. The van der Waals surface area contributed by atoms with Crippen LogP contribution in [0.2, 0.25) is 5.02 Å². The van der Waals surface area contributed by atoms with Crippen LogP contribution in [0.5, 0.6) is 0 Å². The van der Waals surface area contributed by atoms with Crippen molar-refractivity contribution in [2.45, 2.75) is 64.0 Å². The molecule has 2 unspecified atom stereocenters. The van der Waals surface area contributed by atoms with Crippen LogP contribution in [-0.2, 0) is 4.79 Å². The van der Waals surface area contributed by atoms with Gasteiger partial charge in [0.05, 0.1) is 17.5 Å². The van der Waals surface area contributed by atoms with Crippen LogP contribution in [0.25, 0.3) is 0 Å². The number of aromatic nitrogens is 2. The molecule has 2 fully saturated rings. The minimum atomic E-state index is -0.624. The van der Waals surface area contributed by atoms with Gasteiger partial charge in [-0.15, -0.1) is 0 Å². The van der Waals surface area contributed by atoms with Crippen LogP contribution in [0, 0.1) is 17.6 Å². The van der Waals surface area contributed by atoms with Crippen molar-refractivity contribution >= 4 is 23.4 Å². The minimum absolute atomic E-state index is 0.0148. The van der Waals surface area contributed by atoms with E-state index >= 15 is 0 Å². The molecule has 0 spiro atoms. The van der Waals surface area contributed by atoms with Gasteiger partial charge in [0, 0.05) is 61.1 Å². The SMILES string of the molecule is CC(NC(=O)c1cncnc1)c1cc(Cl)ccc1C1CCN(C(=O)C2CN(C(C)(C)C)C[C@H]2c2ccc(F)cc2F)CC1. The van der Waals surface area contributed by atoms with Gasteiger partial charge in [0.25, 0.3) is 5.91 Å². The first-order chi connectivity index (χ1) is 20.4. The topological polar surface area (TPSA) is 78.4 Å². The predicted molar refractivity (Wildman–Crippen MR) is 162 cm³/mol. The average molecular weight is 610 g/mol. The Bertz CT molecular complexity index is 1470. The summed E-state index contributed by atoms with van der Waals surface area (Å²) in [6.07, 6.45) is 5.82. The van der Waals surface area contributed by atoms with Crippen LogP contribution in [-0.4, -0.2) is 63.3 Å². The summed E-state index contributed by atoms with van der Waals surface area (Å²) in [7, 11) is 0. The molecule has 2 aliphatic rings. The van der Waals surface area contributed by atoms with E-state index in [4.69, 9.17) is 11.6 Å². The number of carbonyl (C=O) groups excluding carboxylic acids is 2. The molecular weight excluding hydrogens is 572 g/mol. The Morgan fingerprint density at radius 3 is 2.33 bits per heavy atom. The van der Waals surface area contributed by atoms with Crippen molar-refractivity contribution in [1.29, 1.82) is 0 Å². The number of likely N-dealkylation sites (tertiary alicyclic amines) is 2. The highest BCUT2D eigenvalue weighted by atomic mass is 35.5. The Hall–Kier alpha value is -3.43. The molecule has 10 heteroatoms. The third-order valence-electron chi connectivity index (χ3n) is 8.88. The van der Waals surface area contributed by atoms with Gasteiger partial charge in [-0.1, -0.05) is 23.7 Å². The molecule has 0 aliphatic carbocycles. The summed E-state index contributed by atoms with van der Waals surface area (Å²) in [5.74, 6) is -2.08. The Balaban J connectivity index is 1.30. The first kappa shape index (κ1) is 31.0. The lowest BCUT2D eigenvalue weighted by atomic mass is 9.83. The van der Waals surface area contributed by atoms with Gasteiger partial charge in [0.15, 0.2) is 0 Å². The number of hydrogen-bond donors (Lipinski definition) is 1. The largest absolute Gasteiger partial charge is 0.345 e. The molecule has 228 valence electrons. The maximum atomic E-state index is 14.9. The Labute approximate surface area is 256 Å². The summed E-state index contributed by atoms with van der Waals surface area (Å²) in [5, 5.41) is 3.61. The number of carbonyl (C=O) groups is 2. The first-order valence-corrected chi connectivity index (χ1v) is 15.1. The molecule has 5 rings (SSSR count). The highest BCUT2D eigenvalue weighted by Gasteiger charge is 2.44. The molecule has 1 N–H and O–H groups in total. The zero-order valence-electron chi connectivity index (χ0n) is 25.0. The number of nitrogens with one attached hydrogen (secondary N) is 1. The number of rotatable bonds is 6. The van der Waals surface area contributed by atoms with Crippen molar-refractivity contribution in [3.63, 3.8) is 0 Å². The molecule has 43 heavy (non-hydrogen) atoms. The van der Waals surface area contributed by atoms with E-state index in [0.717, 1.165) is 30.0 Å². The monoisotopic (exact) mass is 609 g/mol. The van der Waals surface area contributed by atoms with Gasteiger partial charge >= 0.3 is 0 Å². The fourth-order valence-electron chi connectivity index (χ4n) is 6.43. The van der Waals surface area contributed by atoms with Crippen molar-refractivity contribution in [2.75, 3.05) is 26.2 Å². The van der Waals surface area contributed by atoms with E-state index in [9.17, 15) is 18.4 Å². The lowest BCUT2D eigenvalue weighted by Crippen LogP contribution is -2.44. The lowest BCUT2D eigenvalue weighted by molar-refractivity contribution is -0.136. The van der Waals surface area contributed by atoms with Gasteiger partial charge < -0.3 is 10.2 Å². The van der Waals surface area contributed by atoms with Gasteiger partial charge in [-0.3, -0.25) is 14.5 Å². The highest BCUT2D eigenvalue weighted by molar-refractivity contribution is 6.30. The van der Waals surface area contributed by atoms with Crippen LogP contribution >= 0.6 is 11.6 Å².